The molecule has 0 atom stereocenters. The van der Waals surface area contributed by atoms with Gasteiger partial charge >= 0.3 is 0 Å². The second-order valence-corrected chi connectivity index (χ2v) is 1.66. The number of hydrogen-bond donors (Lipinski definition) is 0. The zero-order valence-electron chi connectivity index (χ0n) is 4.83. The van der Waals surface area contributed by atoms with Crippen molar-refractivity contribution in [1.82, 2.24) is 0 Å². The van der Waals surface area contributed by atoms with Crippen LogP contribution in [0.3, 0.4) is 0 Å². The minimum absolute atomic E-state index is 0.448. The lowest BCUT2D eigenvalue weighted by atomic mass is 10.2. The van der Waals surface area contributed by atoms with Gasteiger partial charge in [0, 0.05) is 11.1 Å². The molecule has 0 amide bonds. The molecule has 1 rings (SSSR count). The molecule has 0 saturated heterocycles. The van der Waals surface area contributed by atoms with Crippen molar-refractivity contribution in [3.8, 4) is 0 Å². The Morgan fingerprint density at radius 3 is 3.00 bits per heavy atom. The van der Waals surface area contributed by atoms with Crippen LogP contribution >= 0.6 is 0 Å². The van der Waals surface area contributed by atoms with Gasteiger partial charge in [0.15, 0.2) is 0 Å². The van der Waals surface area contributed by atoms with E-state index in [0.717, 1.165) is 5.56 Å². The molecule has 0 spiro atoms. The predicted molar refractivity (Wildman–Crippen MR) is 33.8 cm³/mol. The first kappa shape index (κ1) is 5.82. The van der Waals surface area contributed by atoms with E-state index in [1.54, 1.807) is 6.07 Å². The zero-order valence-corrected chi connectivity index (χ0v) is 4.83. The molecule has 0 bridgehead atoms. The molecule has 0 unspecified atom stereocenters. The Morgan fingerprint density at radius 1 is 1.78 bits per heavy atom. The third-order valence-electron chi connectivity index (χ3n) is 1.03. The number of aldehydes is 1. The van der Waals surface area contributed by atoms with Gasteiger partial charge in [-0.25, -0.2) is 0 Å². The Morgan fingerprint density at radius 2 is 2.56 bits per heavy atom. The van der Waals surface area contributed by atoms with Crippen LogP contribution in [0.5, 0.6) is 0 Å². The van der Waals surface area contributed by atoms with E-state index in [9.17, 15) is 4.79 Å². The lowest BCUT2D eigenvalue weighted by molar-refractivity contribution is -0.103. The summed E-state index contributed by atoms with van der Waals surface area (Å²) in [6, 6.07) is 1.69. The Bertz CT molecular complexity index is 209. The van der Waals surface area contributed by atoms with Gasteiger partial charge in [-0.2, -0.15) is 0 Å². The Balaban J connectivity index is 2.89. The minimum atomic E-state index is 0.448. The fraction of sp³-hybridized carbons (Fsp3) is 0. The normalized spacial score (nSPS) is 8.89. The van der Waals surface area contributed by atoms with Crippen molar-refractivity contribution in [2.24, 2.45) is 0 Å². The van der Waals surface area contributed by atoms with Crippen LogP contribution in [0, 0.1) is 0 Å². The van der Waals surface area contributed by atoms with Crippen molar-refractivity contribution in [2.75, 3.05) is 0 Å². The van der Waals surface area contributed by atoms with Crippen LogP contribution in [0.25, 0.3) is 5.57 Å². The number of furan rings is 1. The Labute approximate surface area is 52.8 Å². The highest BCUT2D eigenvalue weighted by Crippen LogP contribution is 2.08. The van der Waals surface area contributed by atoms with E-state index in [-0.39, 0.29) is 0 Å². The maximum Gasteiger partial charge on any atom is 0.150 e. The Hall–Kier alpha value is -1.31. The summed E-state index contributed by atoms with van der Waals surface area (Å²) in [5.74, 6) is 0. The largest absolute Gasteiger partial charge is 0.472 e. The third-order valence-corrected chi connectivity index (χ3v) is 1.03. The van der Waals surface area contributed by atoms with Gasteiger partial charge in [0.05, 0.1) is 12.5 Å². The van der Waals surface area contributed by atoms with Gasteiger partial charge in [-0.1, -0.05) is 6.58 Å². The van der Waals surface area contributed by atoms with E-state index in [2.05, 4.69) is 6.58 Å². The highest BCUT2D eigenvalue weighted by molar-refractivity contribution is 6.05. The summed E-state index contributed by atoms with van der Waals surface area (Å²) in [5, 5.41) is 0. The van der Waals surface area contributed by atoms with Crippen LogP contribution in [0.15, 0.2) is 29.6 Å². The molecule has 1 heterocycles. The number of hydrogen-bond acceptors (Lipinski definition) is 2. The smallest absolute Gasteiger partial charge is 0.150 e. The van der Waals surface area contributed by atoms with Crippen LogP contribution in [0.4, 0.5) is 0 Å². The maximum atomic E-state index is 10.1. The second-order valence-electron chi connectivity index (χ2n) is 1.66. The molecule has 0 radical (unpaired) electrons. The van der Waals surface area contributed by atoms with Crippen molar-refractivity contribution in [1.29, 1.82) is 0 Å². The van der Waals surface area contributed by atoms with Gasteiger partial charge in [0.2, 0.25) is 0 Å². The number of carbonyl (C=O) groups excluding carboxylic acids is 1. The second kappa shape index (κ2) is 2.31. The van der Waals surface area contributed by atoms with E-state index < -0.39 is 0 Å². The van der Waals surface area contributed by atoms with Crippen LogP contribution < -0.4 is 0 Å². The minimum Gasteiger partial charge on any atom is -0.472 e. The van der Waals surface area contributed by atoms with Gasteiger partial charge in [0.25, 0.3) is 0 Å². The molecule has 1 aromatic heterocycles. The average Bonchev–Trinajstić information content (AvgIpc) is 2.37. The summed E-state index contributed by atoms with van der Waals surface area (Å²) < 4.78 is 4.72. The summed E-state index contributed by atoms with van der Waals surface area (Å²) in [5.41, 5.74) is 1.19. The van der Waals surface area contributed by atoms with Gasteiger partial charge in [-0.3, -0.25) is 4.79 Å². The van der Waals surface area contributed by atoms with Gasteiger partial charge in [-0.15, -0.1) is 0 Å². The van der Waals surface area contributed by atoms with Crippen LogP contribution in [-0.2, 0) is 4.79 Å². The lowest BCUT2D eigenvalue weighted by Gasteiger charge is -1.84. The molecule has 0 aliphatic heterocycles. The molecule has 0 aliphatic rings. The first-order chi connectivity index (χ1) is 4.34. The van der Waals surface area contributed by atoms with Crippen LogP contribution in [-0.4, -0.2) is 6.29 Å². The molecule has 1 aromatic rings. The first-order valence-electron chi connectivity index (χ1n) is 2.51. The Kier molecular flexibility index (Phi) is 1.49. The van der Waals surface area contributed by atoms with Crippen molar-refractivity contribution in [3.63, 3.8) is 0 Å². The molecular weight excluding hydrogens is 116 g/mol. The van der Waals surface area contributed by atoms with Crippen molar-refractivity contribution in [3.05, 3.63) is 30.7 Å². The molecule has 2 heteroatoms. The molecule has 0 saturated carbocycles. The summed E-state index contributed by atoms with van der Waals surface area (Å²) in [6.45, 7) is 3.49. The predicted octanol–water partition coefficient (Wildman–Crippen LogP) is 1.49. The lowest BCUT2D eigenvalue weighted by Crippen LogP contribution is -1.76. The molecular formula is C7H6O2. The molecule has 0 fully saturated rings. The van der Waals surface area contributed by atoms with Crippen LogP contribution in [0.2, 0.25) is 0 Å². The van der Waals surface area contributed by atoms with Crippen molar-refractivity contribution < 1.29 is 9.21 Å². The topological polar surface area (TPSA) is 30.2 Å². The molecule has 0 N–H and O–H groups in total. The van der Waals surface area contributed by atoms with Gasteiger partial charge in [-0.05, 0) is 6.07 Å². The third kappa shape index (κ3) is 1.08. The van der Waals surface area contributed by atoms with E-state index in [1.807, 2.05) is 0 Å². The summed E-state index contributed by atoms with van der Waals surface area (Å²) in [6.07, 6.45) is 3.69. The number of carbonyl (C=O) groups is 1. The van der Waals surface area contributed by atoms with Crippen LogP contribution in [0.1, 0.15) is 5.56 Å². The summed E-state index contributed by atoms with van der Waals surface area (Å²) in [4.78, 5) is 10.1. The average molecular weight is 122 g/mol. The standard InChI is InChI=1S/C7H6O2/c1-6(4-8)7-2-3-9-5-7/h2-5H,1H2. The molecule has 46 valence electrons. The molecule has 9 heavy (non-hydrogen) atoms. The molecule has 2 nitrogen and oxygen atoms in total. The van der Waals surface area contributed by atoms with Crippen molar-refractivity contribution in [2.45, 2.75) is 0 Å². The SMILES string of the molecule is C=C(C=O)c1ccoc1. The van der Waals surface area contributed by atoms with E-state index >= 15 is 0 Å². The molecule has 0 aliphatic carbocycles. The molecule has 0 aromatic carbocycles. The fourth-order valence-electron chi connectivity index (χ4n) is 0.515. The van der Waals surface area contributed by atoms with E-state index in [4.69, 9.17) is 4.42 Å². The fourth-order valence-corrected chi connectivity index (χ4v) is 0.515. The first-order valence-corrected chi connectivity index (χ1v) is 2.51. The highest BCUT2D eigenvalue weighted by atomic mass is 16.3. The quantitative estimate of drug-likeness (QED) is 0.439. The number of allylic oxidation sites excluding steroid dienone is 1. The highest BCUT2D eigenvalue weighted by Gasteiger charge is 1.95. The maximum absolute atomic E-state index is 10.1. The summed E-state index contributed by atoms with van der Waals surface area (Å²) >= 11 is 0. The van der Waals surface area contributed by atoms with E-state index in [0.29, 0.717) is 11.9 Å². The monoisotopic (exact) mass is 122 g/mol. The zero-order chi connectivity index (χ0) is 6.69. The van der Waals surface area contributed by atoms with Gasteiger partial charge < -0.3 is 4.42 Å². The summed E-state index contributed by atoms with van der Waals surface area (Å²) in [7, 11) is 0. The van der Waals surface area contributed by atoms with Crippen molar-refractivity contribution >= 4 is 11.9 Å². The van der Waals surface area contributed by atoms with Gasteiger partial charge in [0.1, 0.15) is 6.29 Å². The number of rotatable bonds is 2. The van der Waals surface area contributed by atoms with E-state index in [1.165, 1.54) is 12.5 Å².